The number of para-hydroxylation sites is 5. The molecule has 292 valence electrons. The van der Waals surface area contributed by atoms with E-state index in [0.29, 0.717) is 0 Å². The van der Waals surface area contributed by atoms with Gasteiger partial charge >= 0.3 is 0 Å². The molecule has 0 unspecified atom stereocenters. The average molecular weight is 800 g/mol. The van der Waals surface area contributed by atoms with Gasteiger partial charge in [-0.15, -0.1) is 0 Å². The summed E-state index contributed by atoms with van der Waals surface area (Å²) in [6.45, 7) is 0. The fraction of sp³-hybridized carbons (Fsp3) is 0. The highest BCUT2D eigenvalue weighted by atomic mass is 15.0. The van der Waals surface area contributed by atoms with Crippen LogP contribution in [0.4, 0.5) is 0 Å². The summed E-state index contributed by atoms with van der Waals surface area (Å²) in [5.41, 5.74) is 20.4. The Morgan fingerprint density at radius 3 is 0.794 bits per heavy atom. The molecule has 0 saturated carbocycles. The van der Waals surface area contributed by atoms with Crippen molar-refractivity contribution in [1.29, 1.82) is 0 Å². The third-order valence-corrected chi connectivity index (χ3v) is 13.6. The molecular weight excluding hydrogens is 763 g/mol. The molecule has 3 aromatic heterocycles. The summed E-state index contributed by atoms with van der Waals surface area (Å²) in [6.07, 6.45) is 0. The zero-order chi connectivity index (χ0) is 41.2. The molecule has 0 atom stereocenters. The number of fused-ring (bicyclic) bond motifs is 17. The van der Waals surface area contributed by atoms with Gasteiger partial charge in [-0.05, 0) is 117 Å². The van der Waals surface area contributed by atoms with E-state index in [1.807, 2.05) is 0 Å². The Labute approximate surface area is 363 Å². The largest absolute Gasteiger partial charge is 0.309 e. The number of nitrogens with zero attached hydrogens (tertiary/aromatic N) is 3. The molecule has 0 N–H and O–H groups in total. The van der Waals surface area contributed by atoms with Crippen LogP contribution >= 0.6 is 0 Å². The summed E-state index contributed by atoms with van der Waals surface area (Å²) in [5, 5.41) is 7.51. The van der Waals surface area contributed by atoms with Crippen molar-refractivity contribution in [3.63, 3.8) is 0 Å². The Bertz CT molecular complexity index is 3930. The second-order valence-corrected chi connectivity index (χ2v) is 16.8. The molecule has 3 nitrogen and oxygen atoms in total. The molecule has 14 rings (SSSR count). The average Bonchev–Trinajstić information content (AvgIpc) is 3.99. The molecule has 0 aliphatic heterocycles. The predicted molar refractivity (Wildman–Crippen MR) is 265 cm³/mol. The summed E-state index contributed by atoms with van der Waals surface area (Å²) in [5.74, 6) is 0. The summed E-state index contributed by atoms with van der Waals surface area (Å²) in [4.78, 5) is 0. The minimum Gasteiger partial charge on any atom is -0.309 e. The van der Waals surface area contributed by atoms with Crippen LogP contribution in [-0.4, -0.2) is 13.7 Å². The van der Waals surface area contributed by atoms with E-state index >= 15 is 0 Å². The lowest BCUT2D eigenvalue weighted by molar-refractivity contribution is 1.16. The molecule has 13 aromatic rings. The molecular formula is C60H37N3. The van der Waals surface area contributed by atoms with Gasteiger partial charge in [0.15, 0.2) is 0 Å². The van der Waals surface area contributed by atoms with Crippen LogP contribution < -0.4 is 0 Å². The highest BCUT2D eigenvalue weighted by Crippen LogP contribution is 2.49. The van der Waals surface area contributed by atoms with Crippen LogP contribution in [0.25, 0.3) is 127 Å². The number of hydrogen-bond acceptors (Lipinski definition) is 0. The van der Waals surface area contributed by atoms with Crippen molar-refractivity contribution in [2.24, 2.45) is 0 Å². The molecule has 0 saturated heterocycles. The van der Waals surface area contributed by atoms with Crippen LogP contribution in [0.3, 0.4) is 0 Å². The maximum Gasteiger partial charge on any atom is 0.0542 e. The SMILES string of the molecule is c1ccc2c(c1)-c1ccccc1-c1ccc(-n3c4ccccc4c4cc(-n5c6ccccc6c6ccccc65)ccc43)cc1-c1cc(-n3c4ccccc4c4ccccc43)ccc1-2. The molecule has 0 radical (unpaired) electrons. The topological polar surface area (TPSA) is 14.8 Å². The van der Waals surface area contributed by atoms with E-state index in [0.717, 1.165) is 17.1 Å². The molecule has 1 aliphatic rings. The molecule has 0 amide bonds. The van der Waals surface area contributed by atoms with Crippen LogP contribution in [0.1, 0.15) is 0 Å². The molecule has 0 fully saturated rings. The van der Waals surface area contributed by atoms with Crippen LogP contribution in [0, 0.1) is 0 Å². The van der Waals surface area contributed by atoms with Crippen molar-refractivity contribution in [3.8, 4) is 61.6 Å². The maximum absolute atomic E-state index is 2.47. The first-order valence-corrected chi connectivity index (χ1v) is 21.8. The van der Waals surface area contributed by atoms with Gasteiger partial charge in [-0.3, -0.25) is 0 Å². The zero-order valence-electron chi connectivity index (χ0n) is 34.2. The van der Waals surface area contributed by atoms with Gasteiger partial charge in [0.25, 0.3) is 0 Å². The second-order valence-electron chi connectivity index (χ2n) is 16.8. The predicted octanol–water partition coefficient (Wildman–Crippen LogP) is 16.0. The molecule has 3 heterocycles. The Hall–Kier alpha value is -8.40. The quantitative estimate of drug-likeness (QED) is 0.169. The lowest BCUT2D eigenvalue weighted by atomic mass is 9.80. The van der Waals surface area contributed by atoms with E-state index in [1.165, 1.54) is 110 Å². The first-order valence-electron chi connectivity index (χ1n) is 21.8. The Morgan fingerprint density at radius 1 is 0.175 bits per heavy atom. The minimum absolute atomic E-state index is 1.13. The van der Waals surface area contributed by atoms with Gasteiger partial charge in [0, 0.05) is 49.4 Å². The fourth-order valence-electron chi connectivity index (χ4n) is 10.9. The number of hydrogen-bond donors (Lipinski definition) is 0. The van der Waals surface area contributed by atoms with E-state index < -0.39 is 0 Å². The van der Waals surface area contributed by atoms with E-state index in [1.54, 1.807) is 0 Å². The van der Waals surface area contributed by atoms with Gasteiger partial charge in [0.2, 0.25) is 0 Å². The van der Waals surface area contributed by atoms with Gasteiger partial charge in [0.1, 0.15) is 0 Å². The summed E-state index contributed by atoms with van der Waals surface area (Å²) in [7, 11) is 0. The van der Waals surface area contributed by atoms with E-state index in [9.17, 15) is 0 Å². The van der Waals surface area contributed by atoms with E-state index in [4.69, 9.17) is 0 Å². The van der Waals surface area contributed by atoms with Crippen LogP contribution in [0.2, 0.25) is 0 Å². The van der Waals surface area contributed by atoms with Crippen LogP contribution in [0.5, 0.6) is 0 Å². The van der Waals surface area contributed by atoms with Crippen molar-refractivity contribution in [2.75, 3.05) is 0 Å². The second kappa shape index (κ2) is 13.1. The Balaban J connectivity index is 1.04. The summed E-state index contributed by atoms with van der Waals surface area (Å²) < 4.78 is 7.33. The van der Waals surface area contributed by atoms with E-state index in [-0.39, 0.29) is 0 Å². The standard InChI is InChI=1S/C60H37N3/c1-3-17-43-41(15-1)42-16-2-4-18-44(42)46-33-30-39(36-53(46)52-35-38(29-32-45(43)52)61-55-24-10-5-19-47(55)48-20-6-11-25-56(48)61)63-59-28-14-9-23-51(59)54-37-40(31-34-60(54)63)62-57-26-12-7-21-49(57)50-22-8-13-27-58(50)62/h1-37H. The van der Waals surface area contributed by atoms with Crippen molar-refractivity contribution in [1.82, 2.24) is 13.7 Å². The van der Waals surface area contributed by atoms with Crippen molar-refractivity contribution >= 4 is 65.4 Å². The highest BCUT2D eigenvalue weighted by Gasteiger charge is 2.25. The van der Waals surface area contributed by atoms with Gasteiger partial charge in [0.05, 0.1) is 33.1 Å². The molecule has 1 aliphatic carbocycles. The van der Waals surface area contributed by atoms with Gasteiger partial charge in [-0.1, -0.05) is 152 Å². The minimum atomic E-state index is 1.13. The van der Waals surface area contributed by atoms with Gasteiger partial charge < -0.3 is 13.7 Å². The van der Waals surface area contributed by atoms with Crippen LogP contribution in [0.15, 0.2) is 224 Å². The lowest BCUT2D eigenvalue weighted by Crippen LogP contribution is -2.01. The number of rotatable bonds is 3. The van der Waals surface area contributed by atoms with Crippen molar-refractivity contribution < 1.29 is 0 Å². The molecule has 0 bridgehead atoms. The zero-order valence-corrected chi connectivity index (χ0v) is 34.2. The fourth-order valence-corrected chi connectivity index (χ4v) is 10.9. The van der Waals surface area contributed by atoms with E-state index in [2.05, 4.69) is 238 Å². The maximum atomic E-state index is 2.47. The first-order chi connectivity index (χ1) is 31.3. The molecule has 63 heavy (non-hydrogen) atoms. The third kappa shape index (κ3) is 4.85. The number of benzene rings is 10. The smallest absolute Gasteiger partial charge is 0.0542 e. The Kier molecular flexibility index (Phi) is 7.11. The summed E-state index contributed by atoms with van der Waals surface area (Å²) >= 11 is 0. The van der Waals surface area contributed by atoms with Crippen LogP contribution in [-0.2, 0) is 0 Å². The lowest BCUT2D eigenvalue weighted by Gasteiger charge is -2.25. The Morgan fingerprint density at radius 2 is 0.429 bits per heavy atom. The number of aromatic nitrogens is 3. The molecule has 3 heteroatoms. The summed E-state index contributed by atoms with van der Waals surface area (Å²) in [6, 6.07) is 83.1. The van der Waals surface area contributed by atoms with Gasteiger partial charge in [-0.25, -0.2) is 0 Å². The monoisotopic (exact) mass is 799 g/mol. The van der Waals surface area contributed by atoms with Gasteiger partial charge in [-0.2, -0.15) is 0 Å². The molecule has 0 spiro atoms. The third-order valence-electron chi connectivity index (χ3n) is 13.6. The first kappa shape index (κ1) is 34.3. The molecule has 10 aromatic carbocycles. The van der Waals surface area contributed by atoms with Crippen molar-refractivity contribution in [3.05, 3.63) is 224 Å². The normalized spacial score (nSPS) is 12.1. The highest BCUT2D eigenvalue weighted by molar-refractivity contribution is 6.13. The van der Waals surface area contributed by atoms with Crippen molar-refractivity contribution in [2.45, 2.75) is 0 Å².